The molecule has 0 aliphatic rings. The lowest BCUT2D eigenvalue weighted by Gasteiger charge is -2.13. The Morgan fingerprint density at radius 2 is 2.08 bits per heavy atom. The van der Waals surface area contributed by atoms with Crippen molar-refractivity contribution in [3.63, 3.8) is 0 Å². The van der Waals surface area contributed by atoms with Crippen LogP contribution in [0.1, 0.15) is 19.3 Å². The van der Waals surface area contributed by atoms with Gasteiger partial charge >= 0.3 is 0 Å². The van der Waals surface area contributed by atoms with E-state index in [4.69, 9.17) is 0 Å². The average molecular weight is 170 g/mol. The largest absolute Gasteiger partial charge is 0.320 e. The normalized spacial score (nSPS) is 10.6. The van der Waals surface area contributed by atoms with Gasteiger partial charge in [0.15, 0.2) is 0 Å². The van der Waals surface area contributed by atoms with Gasteiger partial charge in [0.1, 0.15) is 0 Å². The van der Waals surface area contributed by atoms with Crippen LogP contribution in [-0.4, -0.2) is 38.6 Å². The monoisotopic (exact) mass is 170 g/mol. The number of unbranched alkanes of at least 4 members (excludes halogenated alkanes) is 2. The standard InChI is InChI=1S/C10H22N2/c1-4-9-12(3)10-7-5-6-8-11-2/h4,11H,1,5-10H2,2-3H3. The van der Waals surface area contributed by atoms with Crippen molar-refractivity contribution in [3.05, 3.63) is 12.7 Å². The average Bonchev–Trinajstić information content (AvgIpc) is 2.05. The maximum absolute atomic E-state index is 3.71. The third-order valence-corrected chi connectivity index (χ3v) is 1.91. The smallest absolute Gasteiger partial charge is 0.0157 e. The molecule has 0 bridgehead atoms. The summed E-state index contributed by atoms with van der Waals surface area (Å²) in [5, 5.41) is 3.15. The maximum Gasteiger partial charge on any atom is 0.0157 e. The fraction of sp³-hybridized carbons (Fsp3) is 0.800. The maximum atomic E-state index is 3.71. The van der Waals surface area contributed by atoms with Crippen LogP contribution in [0.3, 0.4) is 0 Å². The second-order valence-electron chi connectivity index (χ2n) is 3.22. The highest BCUT2D eigenvalue weighted by atomic mass is 15.1. The highest BCUT2D eigenvalue weighted by molar-refractivity contribution is 4.70. The molecule has 1 N–H and O–H groups in total. The van der Waals surface area contributed by atoms with Crippen molar-refractivity contribution in [3.8, 4) is 0 Å². The third kappa shape index (κ3) is 7.76. The van der Waals surface area contributed by atoms with Crippen molar-refractivity contribution >= 4 is 0 Å². The first-order valence-electron chi connectivity index (χ1n) is 4.75. The van der Waals surface area contributed by atoms with E-state index in [0.717, 1.165) is 13.1 Å². The van der Waals surface area contributed by atoms with Crippen LogP contribution >= 0.6 is 0 Å². The molecule has 0 aromatic rings. The van der Waals surface area contributed by atoms with Gasteiger partial charge in [-0.25, -0.2) is 0 Å². The lowest BCUT2D eigenvalue weighted by Crippen LogP contribution is -2.19. The Bertz CT molecular complexity index is 102. The van der Waals surface area contributed by atoms with Crippen molar-refractivity contribution in [1.82, 2.24) is 10.2 Å². The molecule has 0 amide bonds. The molecule has 2 heteroatoms. The van der Waals surface area contributed by atoms with Crippen LogP contribution in [0.5, 0.6) is 0 Å². The molecule has 2 nitrogen and oxygen atoms in total. The van der Waals surface area contributed by atoms with Gasteiger partial charge in [0, 0.05) is 6.54 Å². The first-order valence-corrected chi connectivity index (χ1v) is 4.75. The molecule has 0 rings (SSSR count). The molecule has 0 aliphatic heterocycles. The Balaban J connectivity index is 3.02. The van der Waals surface area contributed by atoms with Gasteiger partial charge in [-0.05, 0) is 40.0 Å². The van der Waals surface area contributed by atoms with E-state index >= 15 is 0 Å². The van der Waals surface area contributed by atoms with Crippen LogP contribution in [0.25, 0.3) is 0 Å². The van der Waals surface area contributed by atoms with Gasteiger partial charge in [-0.15, -0.1) is 6.58 Å². The van der Waals surface area contributed by atoms with Crippen molar-refractivity contribution in [2.75, 3.05) is 33.7 Å². The van der Waals surface area contributed by atoms with Crippen LogP contribution in [0, 0.1) is 0 Å². The van der Waals surface area contributed by atoms with Crippen LogP contribution in [0.15, 0.2) is 12.7 Å². The number of likely N-dealkylation sites (N-methyl/N-ethyl adjacent to an activating group) is 1. The zero-order valence-corrected chi connectivity index (χ0v) is 8.47. The van der Waals surface area contributed by atoms with Gasteiger partial charge in [0.2, 0.25) is 0 Å². The van der Waals surface area contributed by atoms with Crippen molar-refractivity contribution in [2.24, 2.45) is 0 Å². The molecule has 0 aliphatic carbocycles. The van der Waals surface area contributed by atoms with E-state index in [9.17, 15) is 0 Å². The Labute approximate surface area is 76.6 Å². The Kier molecular flexibility index (Phi) is 8.51. The van der Waals surface area contributed by atoms with Gasteiger partial charge in [-0.3, -0.25) is 0 Å². The van der Waals surface area contributed by atoms with E-state index in [1.165, 1.54) is 25.8 Å². The van der Waals surface area contributed by atoms with Gasteiger partial charge in [0.25, 0.3) is 0 Å². The van der Waals surface area contributed by atoms with E-state index in [1.54, 1.807) is 0 Å². The van der Waals surface area contributed by atoms with E-state index in [-0.39, 0.29) is 0 Å². The summed E-state index contributed by atoms with van der Waals surface area (Å²) >= 11 is 0. The zero-order valence-electron chi connectivity index (χ0n) is 8.47. The fourth-order valence-corrected chi connectivity index (χ4v) is 1.17. The van der Waals surface area contributed by atoms with E-state index in [1.807, 2.05) is 13.1 Å². The first-order chi connectivity index (χ1) is 5.81. The molecule has 0 unspecified atom stereocenters. The third-order valence-electron chi connectivity index (χ3n) is 1.91. The summed E-state index contributed by atoms with van der Waals surface area (Å²) in [6.07, 6.45) is 5.86. The molecule has 0 atom stereocenters. The predicted molar refractivity (Wildman–Crippen MR) is 55.5 cm³/mol. The van der Waals surface area contributed by atoms with E-state index in [2.05, 4.69) is 23.8 Å². The SMILES string of the molecule is C=CCN(C)CCCCCNC. The van der Waals surface area contributed by atoms with E-state index < -0.39 is 0 Å². The number of rotatable bonds is 8. The van der Waals surface area contributed by atoms with E-state index in [0.29, 0.717) is 0 Å². The minimum atomic E-state index is 1.01. The van der Waals surface area contributed by atoms with Crippen molar-refractivity contribution in [2.45, 2.75) is 19.3 Å². The van der Waals surface area contributed by atoms with Crippen LogP contribution < -0.4 is 5.32 Å². The minimum absolute atomic E-state index is 1.01. The Morgan fingerprint density at radius 3 is 2.67 bits per heavy atom. The number of nitrogens with zero attached hydrogens (tertiary/aromatic N) is 1. The predicted octanol–water partition coefficient (Wildman–Crippen LogP) is 1.49. The molecule has 0 aromatic heterocycles. The number of hydrogen-bond acceptors (Lipinski definition) is 2. The van der Waals surface area contributed by atoms with Crippen LogP contribution in [0.4, 0.5) is 0 Å². The molecular formula is C10H22N2. The molecule has 0 saturated carbocycles. The minimum Gasteiger partial charge on any atom is -0.320 e. The van der Waals surface area contributed by atoms with Gasteiger partial charge in [-0.1, -0.05) is 12.5 Å². The molecule has 0 heterocycles. The topological polar surface area (TPSA) is 15.3 Å². The summed E-state index contributed by atoms with van der Waals surface area (Å²) in [6.45, 7) is 7.05. The molecule has 0 saturated heterocycles. The second-order valence-corrected chi connectivity index (χ2v) is 3.22. The van der Waals surface area contributed by atoms with Gasteiger partial charge in [-0.2, -0.15) is 0 Å². The Morgan fingerprint density at radius 1 is 1.33 bits per heavy atom. The molecule has 0 radical (unpaired) electrons. The molecule has 0 spiro atoms. The summed E-state index contributed by atoms with van der Waals surface area (Å²) in [4.78, 5) is 2.30. The summed E-state index contributed by atoms with van der Waals surface area (Å²) < 4.78 is 0. The summed E-state index contributed by atoms with van der Waals surface area (Å²) in [5.74, 6) is 0. The lowest BCUT2D eigenvalue weighted by molar-refractivity contribution is 0.357. The number of nitrogens with one attached hydrogen (secondary N) is 1. The first kappa shape index (κ1) is 11.7. The summed E-state index contributed by atoms with van der Waals surface area (Å²) in [7, 11) is 4.14. The fourth-order valence-electron chi connectivity index (χ4n) is 1.17. The molecule has 72 valence electrons. The van der Waals surface area contributed by atoms with Crippen molar-refractivity contribution in [1.29, 1.82) is 0 Å². The second kappa shape index (κ2) is 8.75. The molecule has 0 fully saturated rings. The Hall–Kier alpha value is -0.340. The molecule has 0 aromatic carbocycles. The highest BCUT2D eigenvalue weighted by Crippen LogP contribution is 1.96. The number of hydrogen-bond donors (Lipinski definition) is 1. The molecule has 12 heavy (non-hydrogen) atoms. The van der Waals surface area contributed by atoms with Crippen LogP contribution in [0.2, 0.25) is 0 Å². The van der Waals surface area contributed by atoms with Gasteiger partial charge < -0.3 is 10.2 Å². The summed E-state index contributed by atoms with van der Waals surface area (Å²) in [6, 6.07) is 0. The van der Waals surface area contributed by atoms with Crippen molar-refractivity contribution < 1.29 is 0 Å². The lowest BCUT2D eigenvalue weighted by atomic mass is 10.2. The van der Waals surface area contributed by atoms with Crippen LogP contribution in [-0.2, 0) is 0 Å². The quantitative estimate of drug-likeness (QED) is 0.438. The highest BCUT2D eigenvalue weighted by Gasteiger charge is 1.93. The zero-order chi connectivity index (χ0) is 9.23. The van der Waals surface area contributed by atoms with Gasteiger partial charge in [0.05, 0.1) is 0 Å². The summed E-state index contributed by atoms with van der Waals surface area (Å²) in [5.41, 5.74) is 0. The molecular weight excluding hydrogens is 148 g/mol.